The average Bonchev–Trinajstić information content (AvgIpc) is 2.83. The Balaban J connectivity index is 2.46. The Morgan fingerprint density at radius 2 is 1.56 bits per heavy atom. The summed E-state index contributed by atoms with van der Waals surface area (Å²) in [6.45, 7) is 1.13. The van der Waals surface area contributed by atoms with Crippen LogP contribution < -0.4 is 23.8 Å². The van der Waals surface area contributed by atoms with Crippen molar-refractivity contribution in [2.45, 2.75) is 19.5 Å². The Morgan fingerprint density at radius 3 is 2.06 bits per heavy atom. The van der Waals surface area contributed by atoms with E-state index in [1.165, 1.54) is 32.2 Å². The van der Waals surface area contributed by atoms with Crippen LogP contribution in [0, 0.1) is 0 Å². The second-order valence-electron chi connectivity index (χ2n) is 7.47. The Hall–Kier alpha value is -3.47. The van der Waals surface area contributed by atoms with Gasteiger partial charge in [0.2, 0.25) is 21.8 Å². The fourth-order valence-electron chi connectivity index (χ4n) is 3.31. The number of likely N-dealkylation sites (N-methyl/N-ethyl adjacent to an activating group) is 1. The lowest BCUT2D eigenvalue weighted by molar-refractivity contribution is -0.139. The maximum Gasteiger partial charge on any atom is 0.244 e. The molecule has 10 nitrogen and oxygen atoms in total. The van der Waals surface area contributed by atoms with E-state index in [0.717, 1.165) is 16.1 Å². The summed E-state index contributed by atoms with van der Waals surface area (Å²) < 4.78 is 42.1. The molecule has 1 atom stereocenters. The van der Waals surface area contributed by atoms with Gasteiger partial charge >= 0.3 is 0 Å². The van der Waals surface area contributed by atoms with Crippen molar-refractivity contribution in [2.75, 3.05) is 45.5 Å². The SMILES string of the molecule is CNC(=O)[C@@H](C)N(Cc1ccc(OC)cc1)C(=O)CN(c1cc(OC)ccc1OC)S(C)(=O)=O. The number of sulfonamides is 1. The monoisotopic (exact) mass is 493 g/mol. The van der Waals surface area contributed by atoms with Crippen LogP contribution in [0.15, 0.2) is 42.5 Å². The molecule has 0 aliphatic heterocycles. The third kappa shape index (κ3) is 6.53. The molecule has 0 aliphatic rings. The fraction of sp³-hybridized carbons (Fsp3) is 0.391. The van der Waals surface area contributed by atoms with Crippen LogP contribution in [0.1, 0.15) is 12.5 Å². The molecule has 0 saturated heterocycles. The van der Waals surface area contributed by atoms with E-state index < -0.39 is 28.5 Å². The molecule has 0 radical (unpaired) electrons. The first kappa shape index (κ1) is 26.8. The fourth-order valence-corrected chi connectivity index (χ4v) is 4.15. The van der Waals surface area contributed by atoms with E-state index in [0.29, 0.717) is 11.5 Å². The number of ether oxygens (including phenoxy) is 3. The highest BCUT2D eigenvalue weighted by molar-refractivity contribution is 7.92. The summed E-state index contributed by atoms with van der Waals surface area (Å²) in [5, 5.41) is 2.53. The molecule has 2 amide bonds. The van der Waals surface area contributed by atoms with Gasteiger partial charge < -0.3 is 24.4 Å². The van der Waals surface area contributed by atoms with Crippen LogP contribution in [0.25, 0.3) is 0 Å². The standard InChI is InChI=1S/C23H31N3O7S/c1-16(23(28)24-2)25(14-17-7-9-18(31-3)10-8-17)22(27)15-26(34(6,29)30)20-13-19(32-4)11-12-21(20)33-5/h7-13,16H,14-15H2,1-6H3,(H,24,28)/t16-/m1/s1. The van der Waals surface area contributed by atoms with Crippen molar-refractivity contribution >= 4 is 27.5 Å². The Bertz CT molecular complexity index is 1100. The predicted molar refractivity (Wildman–Crippen MR) is 129 cm³/mol. The van der Waals surface area contributed by atoms with Crippen LogP contribution in [0.4, 0.5) is 5.69 Å². The summed E-state index contributed by atoms with van der Waals surface area (Å²) in [6, 6.07) is 10.8. The van der Waals surface area contributed by atoms with Gasteiger partial charge in [-0.3, -0.25) is 13.9 Å². The minimum absolute atomic E-state index is 0.0876. The smallest absolute Gasteiger partial charge is 0.244 e. The molecule has 0 heterocycles. The number of methoxy groups -OCH3 is 3. The van der Waals surface area contributed by atoms with Crippen LogP contribution in [-0.2, 0) is 26.2 Å². The number of carbonyl (C=O) groups excluding carboxylic acids is 2. The van der Waals surface area contributed by atoms with Crippen molar-refractivity contribution in [1.82, 2.24) is 10.2 Å². The first-order valence-corrected chi connectivity index (χ1v) is 12.2. The van der Waals surface area contributed by atoms with E-state index in [4.69, 9.17) is 14.2 Å². The topological polar surface area (TPSA) is 114 Å². The number of benzene rings is 2. The quantitative estimate of drug-likeness (QED) is 0.506. The molecule has 2 aromatic carbocycles. The molecule has 2 aromatic rings. The number of anilines is 1. The maximum atomic E-state index is 13.5. The molecule has 0 unspecified atom stereocenters. The van der Waals surface area contributed by atoms with Crippen molar-refractivity contribution in [3.63, 3.8) is 0 Å². The van der Waals surface area contributed by atoms with E-state index in [2.05, 4.69) is 5.32 Å². The van der Waals surface area contributed by atoms with Crippen LogP contribution >= 0.6 is 0 Å². The normalized spacial score (nSPS) is 11.8. The van der Waals surface area contributed by atoms with Gasteiger partial charge in [0.15, 0.2) is 0 Å². The molecule has 0 bridgehead atoms. The molecular formula is C23H31N3O7S. The zero-order chi connectivity index (χ0) is 25.5. The van der Waals surface area contributed by atoms with Crippen molar-refractivity contribution in [2.24, 2.45) is 0 Å². The summed E-state index contributed by atoms with van der Waals surface area (Å²) in [7, 11) is 1.96. The summed E-state index contributed by atoms with van der Waals surface area (Å²) in [5.41, 5.74) is 0.893. The summed E-state index contributed by atoms with van der Waals surface area (Å²) >= 11 is 0. The van der Waals surface area contributed by atoms with E-state index >= 15 is 0 Å². The van der Waals surface area contributed by atoms with Crippen LogP contribution in [-0.4, -0.2) is 72.4 Å². The minimum atomic E-state index is -3.90. The summed E-state index contributed by atoms with van der Waals surface area (Å²) in [6.07, 6.45) is 0.995. The van der Waals surface area contributed by atoms with Crippen LogP contribution in [0.2, 0.25) is 0 Å². The lowest BCUT2D eigenvalue weighted by atomic mass is 10.1. The van der Waals surface area contributed by atoms with E-state index in [9.17, 15) is 18.0 Å². The molecule has 0 aromatic heterocycles. The van der Waals surface area contributed by atoms with Gasteiger partial charge in [0.25, 0.3) is 0 Å². The molecule has 34 heavy (non-hydrogen) atoms. The second kappa shape index (κ2) is 11.6. The molecular weight excluding hydrogens is 462 g/mol. The van der Waals surface area contributed by atoms with Crippen molar-refractivity contribution < 1.29 is 32.2 Å². The van der Waals surface area contributed by atoms with Crippen LogP contribution in [0.5, 0.6) is 17.2 Å². The highest BCUT2D eigenvalue weighted by atomic mass is 32.2. The maximum absolute atomic E-state index is 13.5. The lowest BCUT2D eigenvalue weighted by Gasteiger charge is -2.31. The van der Waals surface area contributed by atoms with Crippen molar-refractivity contribution in [1.29, 1.82) is 0 Å². The molecule has 0 saturated carbocycles. The van der Waals surface area contributed by atoms with Gasteiger partial charge in [-0.25, -0.2) is 8.42 Å². The molecule has 1 N–H and O–H groups in total. The summed E-state index contributed by atoms with van der Waals surface area (Å²) in [4.78, 5) is 27.2. The molecule has 0 aliphatic carbocycles. The minimum Gasteiger partial charge on any atom is -0.497 e. The number of nitrogens with zero attached hydrogens (tertiary/aromatic N) is 2. The Kier molecular flexibility index (Phi) is 9.13. The van der Waals surface area contributed by atoms with Gasteiger partial charge in [0, 0.05) is 19.7 Å². The summed E-state index contributed by atoms with van der Waals surface area (Å²) in [5.74, 6) is 0.342. The Morgan fingerprint density at radius 1 is 0.971 bits per heavy atom. The molecule has 0 fully saturated rings. The van der Waals surface area contributed by atoms with Gasteiger partial charge in [-0.15, -0.1) is 0 Å². The molecule has 0 spiro atoms. The second-order valence-corrected chi connectivity index (χ2v) is 9.37. The van der Waals surface area contributed by atoms with Gasteiger partial charge in [0.1, 0.15) is 29.8 Å². The number of carbonyl (C=O) groups is 2. The van der Waals surface area contributed by atoms with E-state index in [-0.39, 0.29) is 23.9 Å². The number of nitrogens with one attached hydrogen (secondary N) is 1. The van der Waals surface area contributed by atoms with E-state index in [1.54, 1.807) is 50.4 Å². The number of rotatable bonds is 11. The van der Waals surface area contributed by atoms with Gasteiger partial charge in [-0.05, 0) is 36.8 Å². The van der Waals surface area contributed by atoms with Crippen molar-refractivity contribution in [3.05, 3.63) is 48.0 Å². The highest BCUT2D eigenvalue weighted by Crippen LogP contribution is 2.34. The Labute approximate surface area is 200 Å². The third-order valence-corrected chi connectivity index (χ3v) is 6.39. The highest BCUT2D eigenvalue weighted by Gasteiger charge is 2.31. The predicted octanol–water partition coefficient (Wildman–Crippen LogP) is 1.64. The average molecular weight is 494 g/mol. The third-order valence-electron chi connectivity index (χ3n) is 5.26. The molecule has 11 heteroatoms. The number of hydrogen-bond acceptors (Lipinski definition) is 7. The largest absolute Gasteiger partial charge is 0.497 e. The van der Waals surface area contributed by atoms with Gasteiger partial charge in [-0.2, -0.15) is 0 Å². The van der Waals surface area contributed by atoms with Gasteiger partial charge in [-0.1, -0.05) is 12.1 Å². The molecule has 2 rings (SSSR count). The number of hydrogen-bond donors (Lipinski definition) is 1. The van der Waals surface area contributed by atoms with Gasteiger partial charge in [0.05, 0.1) is 33.3 Å². The number of amides is 2. The molecule has 186 valence electrons. The first-order chi connectivity index (χ1) is 16.0. The zero-order valence-corrected chi connectivity index (χ0v) is 21.0. The zero-order valence-electron chi connectivity index (χ0n) is 20.2. The van der Waals surface area contributed by atoms with E-state index in [1.807, 2.05) is 0 Å². The first-order valence-electron chi connectivity index (χ1n) is 10.4. The van der Waals surface area contributed by atoms with Crippen molar-refractivity contribution in [3.8, 4) is 17.2 Å². The van der Waals surface area contributed by atoms with Crippen LogP contribution in [0.3, 0.4) is 0 Å². The lowest BCUT2D eigenvalue weighted by Crippen LogP contribution is -2.50.